The number of nitrogens with zero attached hydrogens (tertiary/aromatic N) is 1. The highest BCUT2D eigenvalue weighted by Crippen LogP contribution is 1.87. The number of aryl methyl sites for hydroxylation is 1. The minimum absolute atomic E-state index is 0. The third-order valence-corrected chi connectivity index (χ3v) is 1.32. The minimum Gasteiger partial charge on any atom is -0.870 e. The zero-order valence-corrected chi connectivity index (χ0v) is 5.86. The molecule has 0 amide bonds. The van der Waals surface area contributed by atoms with Crippen LogP contribution in [0.5, 0.6) is 0 Å². The second-order valence-corrected chi connectivity index (χ2v) is 1.96. The van der Waals surface area contributed by atoms with Gasteiger partial charge in [0.25, 0.3) is 0 Å². The van der Waals surface area contributed by atoms with Gasteiger partial charge >= 0.3 is 0 Å². The van der Waals surface area contributed by atoms with E-state index in [1.165, 1.54) is 0 Å². The first-order valence-electron chi connectivity index (χ1n) is 2.89. The van der Waals surface area contributed by atoms with Gasteiger partial charge in [-0.1, -0.05) is 6.07 Å². The van der Waals surface area contributed by atoms with Gasteiger partial charge in [0.05, 0.1) is 0 Å². The van der Waals surface area contributed by atoms with Crippen molar-refractivity contribution in [2.45, 2.75) is 6.61 Å². The lowest BCUT2D eigenvalue weighted by Crippen LogP contribution is -2.32. The molecule has 0 aliphatic rings. The Morgan fingerprint density at radius 3 is 2.60 bits per heavy atom. The molecule has 1 aromatic heterocycles. The van der Waals surface area contributed by atoms with Gasteiger partial charge < -0.3 is 10.6 Å². The van der Waals surface area contributed by atoms with E-state index in [2.05, 4.69) is 0 Å². The molecule has 1 rings (SSSR count). The average molecular weight is 141 g/mol. The van der Waals surface area contributed by atoms with Gasteiger partial charge in [-0.05, 0) is 0 Å². The molecule has 3 nitrogen and oxygen atoms in total. The van der Waals surface area contributed by atoms with E-state index in [0.717, 1.165) is 5.69 Å². The first-order valence-corrected chi connectivity index (χ1v) is 2.89. The van der Waals surface area contributed by atoms with Crippen molar-refractivity contribution in [3.63, 3.8) is 0 Å². The highest BCUT2D eigenvalue weighted by Gasteiger charge is 1.98. The molecule has 0 saturated carbocycles. The Hall–Kier alpha value is -0.930. The molecule has 1 heterocycles. The maximum Gasteiger partial charge on any atom is 0.206 e. The van der Waals surface area contributed by atoms with Gasteiger partial charge in [-0.3, -0.25) is 0 Å². The second-order valence-electron chi connectivity index (χ2n) is 1.96. The summed E-state index contributed by atoms with van der Waals surface area (Å²) in [5, 5.41) is 8.70. The Balaban J connectivity index is 0.000000810. The van der Waals surface area contributed by atoms with Crippen molar-refractivity contribution in [1.29, 1.82) is 0 Å². The molecule has 0 aliphatic carbocycles. The summed E-state index contributed by atoms with van der Waals surface area (Å²) >= 11 is 0. The normalized spacial score (nSPS) is 8.60. The van der Waals surface area contributed by atoms with E-state index in [0.29, 0.717) is 0 Å². The first kappa shape index (κ1) is 9.07. The van der Waals surface area contributed by atoms with Crippen LogP contribution in [0.15, 0.2) is 24.4 Å². The second kappa shape index (κ2) is 3.98. The quantitative estimate of drug-likeness (QED) is 0.552. The zero-order valence-electron chi connectivity index (χ0n) is 5.86. The largest absolute Gasteiger partial charge is 0.870 e. The summed E-state index contributed by atoms with van der Waals surface area (Å²) in [5.74, 6) is 0. The Kier molecular flexibility index (Phi) is 3.61. The predicted octanol–water partition coefficient (Wildman–Crippen LogP) is -0.173. The molecule has 2 N–H and O–H groups in total. The topological polar surface area (TPSA) is 54.1 Å². The fourth-order valence-electron chi connectivity index (χ4n) is 0.723. The van der Waals surface area contributed by atoms with Crippen LogP contribution in [0.25, 0.3) is 0 Å². The Bertz CT molecular complexity index is 201. The van der Waals surface area contributed by atoms with E-state index in [-0.39, 0.29) is 12.1 Å². The summed E-state index contributed by atoms with van der Waals surface area (Å²) in [7, 11) is 1.91. The van der Waals surface area contributed by atoms with Crippen LogP contribution in [0.4, 0.5) is 0 Å². The van der Waals surface area contributed by atoms with Crippen molar-refractivity contribution in [2.24, 2.45) is 7.05 Å². The summed E-state index contributed by atoms with van der Waals surface area (Å²) in [5.41, 5.74) is 0.928. The van der Waals surface area contributed by atoms with Crippen LogP contribution >= 0.6 is 0 Å². The lowest BCUT2D eigenvalue weighted by Gasteiger charge is -1.91. The lowest BCUT2D eigenvalue weighted by molar-refractivity contribution is -0.681. The molecular formula is C7H11NO2. The molecule has 0 aromatic carbocycles. The number of pyridine rings is 1. The fourth-order valence-corrected chi connectivity index (χ4v) is 0.723. The van der Waals surface area contributed by atoms with Crippen molar-refractivity contribution < 1.29 is 15.1 Å². The van der Waals surface area contributed by atoms with Gasteiger partial charge in [0.2, 0.25) is 5.69 Å². The smallest absolute Gasteiger partial charge is 0.206 e. The number of aliphatic hydroxyl groups is 1. The van der Waals surface area contributed by atoms with Gasteiger partial charge in [0.1, 0.15) is 13.7 Å². The highest BCUT2D eigenvalue weighted by molar-refractivity contribution is 4.95. The van der Waals surface area contributed by atoms with E-state index in [1.54, 1.807) is 0 Å². The van der Waals surface area contributed by atoms with Crippen LogP contribution in [0.1, 0.15) is 5.69 Å². The molecule has 0 atom stereocenters. The van der Waals surface area contributed by atoms with Crippen LogP contribution in [-0.2, 0) is 13.7 Å². The molecule has 0 radical (unpaired) electrons. The van der Waals surface area contributed by atoms with Crippen LogP contribution in [-0.4, -0.2) is 10.6 Å². The SMILES string of the molecule is C[n+]1ccccc1CO.[OH-]. The monoisotopic (exact) mass is 141 g/mol. The molecule has 3 heteroatoms. The maximum atomic E-state index is 8.70. The van der Waals surface area contributed by atoms with E-state index < -0.39 is 0 Å². The van der Waals surface area contributed by atoms with Gasteiger partial charge in [0, 0.05) is 12.1 Å². The molecule has 0 aliphatic heterocycles. The van der Waals surface area contributed by atoms with E-state index in [9.17, 15) is 0 Å². The van der Waals surface area contributed by atoms with Crippen LogP contribution in [0.3, 0.4) is 0 Å². The third kappa shape index (κ3) is 1.79. The number of aliphatic hydroxyl groups excluding tert-OH is 1. The van der Waals surface area contributed by atoms with Crippen molar-refractivity contribution >= 4 is 0 Å². The van der Waals surface area contributed by atoms with Gasteiger partial charge in [-0.15, -0.1) is 0 Å². The number of hydrogen-bond acceptors (Lipinski definition) is 2. The summed E-state index contributed by atoms with van der Waals surface area (Å²) in [6.45, 7) is 0.108. The fraction of sp³-hybridized carbons (Fsp3) is 0.286. The van der Waals surface area contributed by atoms with Gasteiger partial charge in [0.15, 0.2) is 6.20 Å². The van der Waals surface area contributed by atoms with Crippen LogP contribution in [0.2, 0.25) is 0 Å². The van der Waals surface area contributed by atoms with E-state index in [1.807, 2.05) is 36.0 Å². The summed E-state index contributed by atoms with van der Waals surface area (Å²) in [6, 6.07) is 5.73. The van der Waals surface area contributed by atoms with E-state index >= 15 is 0 Å². The van der Waals surface area contributed by atoms with Crippen molar-refractivity contribution in [1.82, 2.24) is 0 Å². The molecule has 1 aromatic rings. The standard InChI is InChI=1S/C7H10NO.H2O/c1-8-5-3-2-4-7(8)6-9;/h2-5,9H,6H2,1H3;1H2/q+1;/p-1. The average Bonchev–Trinajstić information content (AvgIpc) is 1.89. The van der Waals surface area contributed by atoms with Gasteiger partial charge in [-0.25, -0.2) is 4.57 Å². The zero-order chi connectivity index (χ0) is 6.69. The first-order chi connectivity index (χ1) is 4.34. The maximum absolute atomic E-state index is 8.70. The highest BCUT2D eigenvalue weighted by atomic mass is 16.3. The molecule has 0 bridgehead atoms. The Labute approximate surface area is 59.9 Å². The van der Waals surface area contributed by atoms with Gasteiger partial charge in [-0.2, -0.15) is 0 Å². The van der Waals surface area contributed by atoms with Crippen LogP contribution < -0.4 is 4.57 Å². The molecule has 0 saturated heterocycles. The number of rotatable bonds is 1. The summed E-state index contributed by atoms with van der Waals surface area (Å²) in [4.78, 5) is 0. The van der Waals surface area contributed by atoms with Crippen LogP contribution in [0, 0.1) is 0 Å². The lowest BCUT2D eigenvalue weighted by atomic mass is 10.3. The predicted molar refractivity (Wildman–Crippen MR) is 35.5 cm³/mol. The summed E-state index contributed by atoms with van der Waals surface area (Å²) < 4.78 is 1.89. The molecule has 56 valence electrons. The molecule has 0 spiro atoms. The number of aromatic nitrogens is 1. The third-order valence-electron chi connectivity index (χ3n) is 1.32. The van der Waals surface area contributed by atoms with Crippen molar-refractivity contribution in [3.8, 4) is 0 Å². The van der Waals surface area contributed by atoms with Crippen molar-refractivity contribution in [3.05, 3.63) is 30.1 Å². The minimum atomic E-state index is 0. The summed E-state index contributed by atoms with van der Waals surface area (Å²) in [6.07, 6.45) is 1.91. The Morgan fingerprint density at radius 2 is 2.20 bits per heavy atom. The number of hydrogen-bond donors (Lipinski definition) is 1. The molecule has 0 unspecified atom stereocenters. The van der Waals surface area contributed by atoms with E-state index in [4.69, 9.17) is 5.11 Å². The molecule has 10 heavy (non-hydrogen) atoms. The molecule has 0 fully saturated rings. The molecular weight excluding hydrogens is 130 g/mol. The Morgan fingerprint density at radius 1 is 1.50 bits per heavy atom. The van der Waals surface area contributed by atoms with Crippen molar-refractivity contribution in [2.75, 3.05) is 0 Å².